The number of halogens is 5. The first kappa shape index (κ1) is 23.7. The van der Waals surface area contributed by atoms with Crippen molar-refractivity contribution in [3.63, 3.8) is 0 Å². The molecule has 0 bridgehead atoms. The number of rotatable bonds is 6. The third kappa shape index (κ3) is 6.76. The van der Waals surface area contributed by atoms with E-state index in [-0.39, 0.29) is 36.1 Å². The minimum Gasteiger partial charge on any atom is -0.393 e. The summed E-state index contributed by atoms with van der Waals surface area (Å²) in [6, 6.07) is 4.63. The first-order valence-electron chi connectivity index (χ1n) is 9.28. The van der Waals surface area contributed by atoms with Crippen LogP contribution in [-0.2, 0) is 19.0 Å². The van der Waals surface area contributed by atoms with Crippen LogP contribution in [0.3, 0.4) is 0 Å². The summed E-state index contributed by atoms with van der Waals surface area (Å²) in [7, 11) is 0. The number of aromatic nitrogens is 1. The van der Waals surface area contributed by atoms with E-state index in [1.807, 2.05) is 0 Å². The van der Waals surface area contributed by atoms with Crippen LogP contribution in [-0.4, -0.2) is 27.6 Å². The number of nitrogens with one attached hydrogen (secondary N) is 1. The zero-order valence-electron chi connectivity index (χ0n) is 16.8. The van der Waals surface area contributed by atoms with Crippen LogP contribution in [0.15, 0.2) is 30.3 Å². The van der Waals surface area contributed by atoms with Gasteiger partial charge < -0.3 is 10.4 Å². The van der Waals surface area contributed by atoms with Gasteiger partial charge in [0.25, 0.3) is 5.91 Å². The second-order valence-corrected chi connectivity index (χ2v) is 8.02. The molecule has 1 unspecified atom stereocenters. The number of benzene rings is 1. The third-order valence-corrected chi connectivity index (χ3v) is 4.18. The number of alkyl halides is 3. The predicted octanol–water partition coefficient (Wildman–Crippen LogP) is 4.44. The van der Waals surface area contributed by atoms with E-state index in [2.05, 4.69) is 10.3 Å². The predicted molar refractivity (Wildman–Crippen MR) is 101 cm³/mol. The van der Waals surface area contributed by atoms with Crippen molar-refractivity contribution in [2.24, 2.45) is 0 Å². The lowest BCUT2D eigenvalue weighted by Crippen LogP contribution is -2.41. The van der Waals surface area contributed by atoms with Gasteiger partial charge in [0.2, 0.25) is 0 Å². The van der Waals surface area contributed by atoms with E-state index in [0.717, 1.165) is 24.3 Å². The number of pyridine rings is 1. The lowest BCUT2D eigenvalue weighted by Gasteiger charge is -2.22. The van der Waals surface area contributed by atoms with Gasteiger partial charge in [-0.1, -0.05) is 0 Å². The Kier molecular flexibility index (Phi) is 7.18. The molecule has 0 saturated carbocycles. The van der Waals surface area contributed by atoms with E-state index in [1.54, 1.807) is 20.8 Å². The highest BCUT2D eigenvalue weighted by Crippen LogP contribution is 2.29. The lowest BCUT2D eigenvalue weighted by atomic mass is 9.99. The van der Waals surface area contributed by atoms with Crippen LogP contribution in [0.25, 0.3) is 0 Å². The molecule has 0 spiro atoms. The molecule has 164 valence electrons. The maximum Gasteiger partial charge on any atom is 0.433 e. The summed E-state index contributed by atoms with van der Waals surface area (Å²) in [5.41, 5.74) is -2.09. The number of carbonyl (C=O) groups is 1. The molecule has 1 aromatic carbocycles. The number of carbonyl (C=O) groups excluding carboxylic acids is 1. The minimum atomic E-state index is -4.72. The van der Waals surface area contributed by atoms with Gasteiger partial charge in [0, 0.05) is 12.0 Å². The Labute approximate surface area is 171 Å². The summed E-state index contributed by atoms with van der Waals surface area (Å²) in [6.45, 7) is 5.14. The maximum absolute atomic E-state index is 13.7. The summed E-state index contributed by atoms with van der Waals surface area (Å²) in [5, 5.41) is 12.9. The van der Waals surface area contributed by atoms with Crippen molar-refractivity contribution < 1.29 is 31.9 Å². The number of amides is 1. The first-order chi connectivity index (χ1) is 13.8. The SMILES string of the molecule is CC(C)(C)NC(=O)c1ccc(C(F)(F)F)nc1CC(O)CCc1cc(F)ccc1F. The molecule has 1 amide bonds. The van der Waals surface area contributed by atoms with E-state index >= 15 is 0 Å². The molecule has 1 atom stereocenters. The Morgan fingerprint density at radius 1 is 1.13 bits per heavy atom. The van der Waals surface area contributed by atoms with E-state index in [4.69, 9.17) is 0 Å². The van der Waals surface area contributed by atoms with Crippen LogP contribution in [0.2, 0.25) is 0 Å². The summed E-state index contributed by atoms with van der Waals surface area (Å²) in [6.07, 6.45) is -6.38. The smallest absolute Gasteiger partial charge is 0.393 e. The quantitative estimate of drug-likeness (QED) is 0.666. The van der Waals surface area contributed by atoms with Gasteiger partial charge in [-0.15, -0.1) is 0 Å². The topological polar surface area (TPSA) is 62.2 Å². The van der Waals surface area contributed by atoms with Crippen LogP contribution in [0.1, 0.15) is 54.5 Å². The van der Waals surface area contributed by atoms with Crippen molar-refractivity contribution in [1.82, 2.24) is 10.3 Å². The monoisotopic (exact) mass is 430 g/mol. The fraction of sp³-hybridized carbons (Fsp3) is 0.429. The molecule has 0 aliphatic carbocycles. The second-order valence-electron chi connectivity index (χ2n) is 8.02. The molecule has 1 heterocycles. The standard InChI is InChI=1S/C21H23F5N2O2/c1-20(2,3)28-19(30)15-7-9-18(21(24,25)26)27-17(15)11-14(29)6-4-12-10-13(22)5-8-16(12)23/h5,7-10,14,29H,4,6,11H2,1-3H3,(H,28,30). The normalized spacial score (nSPS) is 13.2. The zero-order valence-corrected chi connectivity index (χ0v) is 16.8. The first-order valence-corrected chi connectivity index (χ1v) is 9.28. The fourth-order valence-corrected chi connectivity index (χ4v) is 2.81. The van der Waals surface area contributed by atoms with Crippen molar-refractivity contribution in [3.05, 3.63) is 64.5 Å². The molecule has 1 aromatic heterocycles. The highest BCUT2D eigenvalue weighted by Gasteiger charge is 2.34. The average Bonchev–Trinajstić information content (AvgIpc) is 2.60. The van der Waals surface area contributed by atoms with Gasteiger partial charge in [0.05, 0.1) is 17.4 Å². The highest BCUT2D eigenvalue weighted by molar-refractivity contribution is 5.95. The van der Waals surface area contributed by atoms with Gasteiger partial charge in [0.1, 0.15) is 17.3 Å². The van der Waals surface area contributed by atoms with Gasteiger partial charge in [-0.25, -0.2) is 13.8 Å². The van der Waals surface area contributed by atoms with Crippen molar-refractivity contribution in [2.45, 2.75) is 57.9 Å². The van der Waals surface area contributed by atoms with Crippen LogP contribution >= 0.6 is 0 Å². The molecule has 4 nitrogen and oxygen atoms in total. The Morgan fingerprint density at radius 2 is 1.80 bits per heavy atom. The van der Waals surface area contributed by atoms with E-state index in [1.165, 1.54) is 0 Å². The van der Waals surface area contributed by atoms with Gasteiger partial charge in [0.15, 0.2) is 0 Å². The molecule has 0 fully saturated rings. The summed E-state index contributed by atoms with van der Waals surface area (Å²) < 4.78 is 66.2. The molecule has 2 rings (SSSR count). The molecule has 0 saturated heterocycles. The van der Waals surface area contributed by atoms with E-state index < -0.39 is 41.1 Å². The molecule has 0 aliphatic heterocycles. The summed E-state index contributed by atoms with van der Waals surface area (Å²) in [5.74, 6) is -1.91. The van der Waals surface area contributed by atoms with Gasteiger partial charge >= 0.3 is 6.18 Å². The Morgan fingerprint density at radius 3 is 2.40 bits per heavy atom. The summed E-state index contributed by atoms with van der Waals surface area (Å²) >= 11 is 0. The number of aryl methyl sites for hydroxylation is 1. The molecule has 9 heteroatoms. The second kappa shape index (κ2) is 9.07. The van der Waals surface area contributed by atoms with Gasteiger partial charge in [-0.3, -0.25) is 4.79 Å². The Balaban J connectivity index is 2.23. The lowest BCUT2D eigenvalue weighted by molar-refractivity contribution is -0.141. The molecule has 0 radical (unpaired) electrons. The van der Waals surface area contributed by atoms with E-state index in [0.29, 0.717) is 6.07 Å². The Bertz CT molecular complexity index is 907. The van der Waals surface area contributed by atoms with E-state index in [9.17, 15) is 31.9 Å². The fourth-order valence-electron chi connectivity index (χ4n) is 2.81. The average molecular weight is 430 g/mol. The van der Waals surface area contributed by atoms with Gasteiger partial charge in [-0.2, -0.15) is 13.2 Å². The van der Waals surface area contributed by atoms with Crippen LogP contribution in [0.5, 0.6) is 0 Å². The van der Waals surface area contributed by atoms with Crippen LogP contribution in [0, 0.1) is 11.6 Å². The summed E-state index contributed by atoms with van der Waals surface area (Å²) in [4.78, 5) is 16.0. The number of nitrogens with zero attached hydrogens (tertiary/aromatic N) is 1. The van der Waals surface area contributed by atoms with Crippen molar-refractivity contribution in [1.29, 1.82) is 0 Å². The zero-order chi connectivity index (χ0) is 22.7. The number of aliphatic hydroxyl groups is 1. The molecule has 2 N–H and O–H groups in total. The molecular formula is C21H23F5N2O2. The van der Waals surface area contributed by atoms with Crippen molar-refractivity contribution in [3.8, 4) is 0 Å². The Hall–Kier alpha value is -2.55. The molecule has 30 heavy (non-hydrogen) atoms. The third-order valence-electron chi connectivity index (χ3n) is 4.18. The molecule has 2 aromatic rings. The van der Waals surface area contributed by atoms with Crippen LogP contribution < -0.4 is 5.32 Å². The molecular weight excluding hydrogens is 407 g/mol. The number of hydrogen-bond acceptors (Lipinski definition) is 3. The minimum absolute atomic E-state index is 0.0345. The largest absolute Gasteiger partial charge is 0.433 e. The number of hydrogen-bond donors (Lipinski definition) is 2. The maximum atomic E-state index is 13.7. The van der Waals surface area contributed by atoms with Crippen molar-refractivity contribution in [2.75, 3.05) is 0 Å². The van der Waals surface area contributed by atoms with Gasteiger partial charge in [-0.05, 0) is 69.5 Å². The highest BCUT2D eigenvalue weighted by atomic mass is 19.4. The molecule has 0 aliphatic rings. The van der Waals surface area contributed by atoms with Crippen molar-refractivity contribution >= 4 is 5.91 Å². The van der Waals surface area contributed by atoms with Crippen LogP contribution in [0.4, 0.5) is 22.0 Å². The number of aliphatic hydroxyl groups excluding tert-OH is 1.